The highest BCUT2D eigenvalue weighted by molar-refractivity contribution is 5.27. The predicted molar refractivity (Wildman–Crippen MR) is 86.6 cm³/mol. The molecule has 118 valence electrons. The number of nitrogens with one attached hydrogen (secondary N) is 1. The molecule has 3 heteroatoms. The first-order valence-corrected chi connectivity index (χ1v) is 8.24. The monoisotopic (exact) mass is 291 g/mol. The van der Waals surface area contributed by atoms with E-state index in [2.05, 4.69) is 31.3 Å². The van der Waals surface area contributed by atoms with E-state index < -0.39 is 0 Å². The minimum atomic E-state index is 0.635. The van der Waals surface area contributed by atoms with E-state index in [0.717, 1.165) is 31.4 Å². The summed E-state index contributed by atoms with van der Waals surface area (Å²) in [5, 5.41) is 3.44. The molecule has 1 saturated carbocycles. The van der Waals surface area contributed by atoms with Crippen LogP contribution in [0.3, 0.4) is 0 Å². The van der Waals surface area contributed by atoms with Crippen molar-refractivity contribution in [2.45, 2.75) is 39.7 Å². The van der Waals surface area contributed by atoms with E-state index >= 15 is 0 Å². The van der Waals surface area contributed by atoms with Gasteiger partial charge in [0.05, 0.1) is 6.61 Å². The smallest absolute Gasteiger partial charge is 0.119 e. The summed E-state index contributed by atoms with van der Waals surface area (Å²) in [6.45, 7) is 8.61. The lowest BCUT2D eigenvalue weighted by Crippen LogP contribution is -2.18. The fourth-order valence-electron chi connectivity index (χ4n) is 2.19. The number of ether oxygens (including phenoxy) is 2. The second kappa shape index (κ2) is 9.06. The van der Waals surface area contributed by atoms with Gasteiger partial charge in [-0.15, -0.1) is 0 Å². The van der Waals surface area contributed by atoms with Crippen LogP contribution in [0.2, 0.25) is 0 Å². The van der Waals surface area contributed by atoms with E-state index in [1.165, 1.54) is 24.8 Å². The Hall–Kier alpha value is -1.06. The molecule has 0 heterocycles. The lowest BCUT2D eigenvalue weighted by molar-refractivity contribution is 0.0958. The van der Waals surface area contributed by atoms with Crippen molar-refractivity contribution in [2.75, 3.05) is 26.4 Å². The molecular formula is C18H29NO2. The Labute approximate surface area is 129 Å². The van der Waals surface area contributed by atoms with Gasteiger partial charge in [0.2, 0.25) is 0 Å². The van der Waals surface area contributed by atoms with Gasteiger partial charge in [0.1, 0.15) is 12.4 Å². The standard InChI is InChI=1S/C18H29NO2/c1-15(2)13-19-14-17-5-7-18(8-6-17)21-12-11-20-10-9-16-3-4-16/h5-8,15-16,19H,3-4,9-14H2,1-2H3. The SMILES string of the molecule is CC(C)CNCc1ccc(OCCOCCC2CC2)cc1. The Kier molecular flexibility index (Phi) is 7.04. The van der Waals surface area contributed by atoms with Crippen LogP contribution >= 0.6 is 0 Å². The molecule has 0 atom stereocenters. The summed E-state index contributed by atoms with van der Waals surface area (Å²) in [6, 6.07) is 8.32. The third-order valence-corrected chi connectivity index (χ3v) is 3.67. The van der Waals surface area contributed by atoms with Crippen molar-refractivity contribution in [3.63, 3.8) is 0 Å². The largest absolute Gasteiger partial charge is 0.491 e. The van der Waals surface area contributed by atoms with Crippen LogP contribution in [-0.4, -0.2) is 26.4 Å². The zero-order chi connectivity index (χ0) is 14.9. The zero-order valence-electron chi connectivity index (χ0n) is 13.4. The number of benzene rings is 1. The van der Waals surface area contributed by atoms with Gasteiger partial charge < -0.3 is 14.8 Å². The Morgan fingerprint density at radius 1 is 1.10 bits per heavy atom. The normalized spacial score (nSPS) is 14.6. The highest BCUT2D eigenvalue weighted by atomic mass is 16.5. The molecule has 0 spiro atoms. The van der Waals surface area contributed by atoms with E-state index in [0.29, 0.717) is 19.1 Å². The Balaban J connectivity index is 1.53. The van der Waals surface area contributed by atoms with Crippen LogP contribution in [-0.2, 0) is 11.3 Å². The Bertz CT molecular complexity index is 385. The quantitative estimate of drug-likeness (QED) is 0.632. The maximum absolute atomic E-state index is 5.68. The predicted octanol–water partition coefficient (Wildman–Crippen LogP) is 3.63. The summed E-state index contributed by atoms with van der Waals surface area (Å²) >= 11 is 0. The van der Waals surface area contributed by atoms with Gasteiger partial charge in [0.15, 0.2) is 0 Å². The van der Waals surface area contributed by atoms with Crippen molar-refractivity contribution in [3.8, 4) is 5.75 Å². The van der Waals surface area contributed by atoms with E-state index in [1.807, 2.05) is 12.1 Å². The molecule has 1 N–H and O–H groups in total. The van der Waals surface area contributed by atoms with Gasteiger partial charge in [-0.05, 0) is 42.5 Å². The van der Waals surface area contributed by atoms with Crippen LogP contribution in [0.5, 0.6) is 5.75 Å². The average molecular weight is 291 g/mol. The lowest BCUT2D eigenvalue weighted by atomic mass is 10.2. The summed E-state index contributed by atoms with van der Waals surface area (Å²) in [5.74, 6) is 2.56. The molecule has 21 heavy (non-hydrogen) atoms. The topological polar surface area (TPSA) is 30.5 Å². The first-order chi connectivity index (χ1) is 10.2. The summed E-state index contributed by atoms with van der Waals surface area (Å²) in [5.41, 5.74) is 1.30. The van der Waals surface area contributed by atoms with Crippen molar-refractivity contribution in [1.82, 2.24) is 5.32 Å². The fourth-order valence-corrected chi connectivity index (χ4v) is 2.19. The molecule has 0 radical (unpaired) electrons. The summed E-state index contributed by atoms with van der Waals surface area (Å²) < 4.78 is 11.3. The van der Waals surface area contributed by atoms with Gasteiger partial charge in [0.25, 0.3) is 0 Å². The van der Waals surface area contributed by atoms with Crippen molar-refractivity contribution in [3.05, 3.63) is 29.8 Å². The molecule has 1 fully saturated rings. The Morgan fingerprint density at radius 2 is 1.86 bits per heavy atom. The molecule has 1 aliphatic rings. The van der Waals surface area contributed by atoms with Crippen molar-refractivity contribution < 1.29 is 9.47 Å². The van der Waals surface area contributed by atoms with Crippen molar-refractivity contribution >= 4 is 0 Å². The van der Waals surface area contributed by atoms with Gasteiger partial charge in [0, 0.05) is 13.2 Å². The zero-order valence-corrected chi connectivity index (χ0v) is 13.4. The molecule has 0 amide bonds. The van der Waals surface area contributed by atoms with Crippen LogP contribution in [0, 0.1) is 11.8 Å². The first-order valence-electron chi connectivity index (χ1n) is 8.24. The molecule has 3 nitrogen and oxygen atoms in total. The van der Waals surface area contributed by atoms with E-state index in [-0.39, 0.29) is 0 Å². The molecule has 0 unspecified atom stereocenters. The van der Waals surface area contributed by atoms with Gasteiger partial charge in [-0.1, -0.05) is 38.8 Å². The number of rotatable bonds is 11. The maximum Gasteiger partial charge on any atom is 0.119 e. The summed E-state index contributed by atoms with van der Waals surface area (Å²) in [4.78, 5) is 0. The lowest BCUT2D eigenvalue weighted by Gasteiger charge is -2.09. The minimum Gasteiger partial charge on any atom is -0.491 e. The molecule has 0 bridgehead atoms. The van der Waals surface area contributed by atoms with E-state index in [4.69, 9.17) is 9.47 Å². The molecule has 0 saturated heterocycles. The van der Waals surface area contributed by atoms with Crippen molar-refractivity contribution in [2.24, 2.45) is 11.8 Å². The molecule has 1 aromatic carbocycles. The third kappa shape index (κ3) is 7.49. The molecule has 1 aliphatic carbocycles. The second-order valence-electron chi connectivity index (χ2n) is 6.36. The number of hydrogen-bond acceptors (Lipinski definition) is 3. The van der Waals surface area contributed by atoms with Gasteiger partial charge in [-0.2, -0.15) is 0 Å². The van der Waals surface area contributed by atoms with Crippen molar-refractivity contribution in [1.29, 1.82) is 0 Å². The van der Waals surface area contributed by atoms with E-state index in [9.17, 15) is 0 Å². The highest BCUT2D eigenvalue weighted by Gasteiger charge is 2.20. The third-order valence-electron chi connectivity index (χ3n) is 3.67. The van der Waals surface area contributed by atoms with Crippen LogP contribution in [0.4, 0.5) is 0 Å². The molecular weight excluding hydrogens is 262 g/mol. The molecule has 1 aromatic rings. The summed E-state index contributed by atoms with van der Waals surface area (Å²) in [7, 11) is 0. The maximum atomic E-state index is 5.68. The van der Waals surface area contributed by atoms with Crippen LogP contribution in [0.25, 0.3) is 0 Å². The summed E-state index contributed by atoms with van der Waals surface area (Å²) in [6.07, 6.45) is 4.02. The number of hydrogen-bond donors (Lipinski definition) is 1. The fraction of sp³-hybridized carbons (Fsp3) is 0.667. The van der Waals surface area contributed by atoms with Gasteiger partial charge >= 0.3 is 0 Å². The first kappa shape index (κ1) is 16.3. The van der Waals surface area contributed by atoms with Crippen LogP contribution < -0.4 is 10.1 Å². The molecule has 0 aromatic heterocycles. The second-order valence-corrected chi connectivity index (χ2v) is 6.36. The van der Waals surface area contributed by atoms with Gasteiger partial charge in [-0.3, -0.25) is 0 Å². The average Bonchev–Trinajstić information content (AvgIpc) is 3.28. The van der Waals surface area contributed by atoms with Crippen LogP contribution in [0.1, 0.15) is 38.7 Å². The van der Waals surface area contributed by atoms with Gasteiger partial charge in [-0.25, -0.2) is 0 Å². The molecule has 0 aliphatic heterocycles. The van der Waals surface area contributed by atoms with E-state index in [1.54, 1.807) is 0 Å². The Morgan fingerprint density at radius 3 is 2.52 bits per heavy atom. The van der Waals surface area contributed by atoms with Crippen LogP contribution in [0.15, 0.2) is 24.3 Å². The highest BCUT2D eigenvalue weighted by Crippen LogP contribution is 2.32. The molecule has 2 rings (SSSR count). The minimum absolute atomic E-state index is 0.635.